The quantitative estimate of drug-likeness (QED) is 0.710. The highest BCUT2D eigenvalue weighted by Crippen LogP contribution is 2.27. The largest absolute Gasteiger partial charge is 0.311 e. The van der Waals surface area contributed by atoms with E-state index in [0.29, 0.717) is 6.04 Å². The fourth-order valence-electron chi connectivity index (χ4n) is 2.82. The first kappa shape index (κ1) is 12.0. The lowest BCUT2D eigenvalue weighted by atomic mass is 9.97. The van der Waals surface area contributed by atoms with Crippen LogP contribution in [0.25, 0.3) is 0 Å². The normalized spacial score (nSPS) is 22.9. The predicted molar refractivity (Wildman–Crippen MR) is 63.5 cm³/mol. The molecule has 0 aromatic rings. The standard InChI is InChI=1S/C13H27N/c1-10(2)9-11(3)14-12(4)13-7-5-6-8-13/h10-14H,5-9H2,1-4H3/t11?,12-/m0/s1. The van der Waals surface area contributed by atoms with E-state index in [2.05, 4.69) is 33.0 Å². The maximum atomic E-state index is 3.75. The Morgan fingerprint density at radius 2 is 1.64 bits per heavy atom. The molecule has 0 aromatic heterocycles. The van der Waals surface area contributed by atoms with Gasteiger partial charge in [0.15, 0.2) is 0 Å². The Bertz CT molecular complexity index is 147. The molecule has 1 fully saturated rings. The molecule has 0 aliphatic heterocycles. The molecule has 0 aromatic carbocycles. The van der Waals surface area contributed by atoms with Crippen LogP contribution >= 0.6 is 0 Å². The van der Waals surface area contributed by atoms with Crippen molar-refractivity contribution in [1.29, 1.82) is 0 Å². The first-order valence-electron chi connectivity index (χ1n) is 6.35. The van der Waals surface area contributed by atoms with E-state index in [0.717, 1.165) is 17.9 Å². The molecule has 2 atom stereocenters. The van der Waals surface area contributed by atoms with E-state index in [4.69, 9.17) is 0 Å². The molecule has 1 rings (SSSR count). The van der Waals surface area contributed by atoms with Crippen LogP contribution in [0.3, 0.4) is 0 Å². The molecule has 1 unspecified atom stereocenters. The van der Waals surface area contributed by atoms with Crippen molar-refractivity contribution in [3.63, 3.8) is 0 Å². The third-order valence-corrected chi connectivity index (χ3v) is 3.48. The van der Waals surface area contributed by atoms with Crippen molar-refractivity contribution >= 4 is 0 Å². The maximum absolute atomic E-state index is 3.75. The van der Waals surface area contributed by atoms with Gasteiger partial charge in [-0.05, 0) is 44.9 Å². The van der Waals surface area contributed by atoms with Gasteiger partial charge in [0.25, 0.3) is 0 Å². The molecule has 84 valence electrons. The molecule has 14 heavy (non-hydrogen) atoms. The molecule has 0 bridgehead atoms. The van der Waals surface area contributed by atoms with Gasteiger partial charge in [-0.3, -0.25) is 0 Å². The fraction of sp³-hybridized carbons (Fsp3) is 1.00. The van der Waals surface area contributed by atoms with Crippen molar-refractivity contribution in [2.24, 2.45) is 11.8 Å². The summed E-state index contributed by atoms with van der Waals surface area (Å²) < 4.78 is 0. The number of rotatable bonds is 5. The van der Waals surface area contributed by atoms with Crippen LogP contribution in [-0.2, 0) is 0 Å². The van der Waals surface area contributed by atoms with E-state index >= 15 is 0 Å². The molecule has 0 amide bonds. The molecule has 1 aliphatic carbocycles. The molecule has 1 saturated carbocycles. The van der Waals surface area contributed by atoms with Crippen LogP contribution < -0.4 is 5.32 Å². The van der Waals surface area contributed by atoms with Gasteiger partial charge in [-0.1, -0.05) is 26.7 Å². The lowest BCUT2D eigenvalue weighted by molar-refractivity contribution is 0.325. The van der Waals surface area contributed by atoms with E-state index in [1.165, 1.54) is 32.1 Å². The second-order valence-corrected chi connectivity index (χ2v) is 5.53. The smallest absolute Gasteiger partial charge is 0.00694 e. The van der Waals surface area contributed by atoms with Gasteiger partial charge in [0.1, 0.15) is 0 Å². The van der Waals surface area contributed by atoms with E-state index in [-0.39, 0.29) is 0 Å². The monoisotopic (exact) mass is 197 g/mol. The Labute approximate surface area is 89.7 Å². The zero-order valence-electron chi connectivity index (χ0n) is 10.3. The molecule has 1 N–H and O–H groups in total. The highest BCUT2D eigenvalue weighted by atomic mass is 14.9. The van der Waals surface area contributed by atoms with Gasteiger partial charge in [-0.2, -0.15) is 0 Å². The minimum Gasteiger partial charge on any atom is -0.311 e. The predicted octanol–water partition coefficient (Wildman–Crippen LogP) is 3.59. The van der Waals surface area contributed by atoms with Crippen LogP contribution in [0.4, 0.5) is 0 Å². The topological polar surface area (TPSA) is 12.0 Å². The third-order valence-electron chi connectivity index (χ3n) is 3.48. The zero-order chi connectivity index (χ0) is 10.6. The summed E-state index contributed by atoms with van der Waals surface area (Å²) in [5, 5.41) is 3.75. The van der Waals surface area contributed by atoms with Gasteiger partial charge < -0.3 is 5.32 Å². The molecule has 1 aliphatic rings. The summed E-state index contributed by atoms with van der Waals surface area (Å²) in [5.41, 5.74) is 0. The van der Waals surface area contributed by atoms with E-state index in [9.17, 15) is 0 Å². The van der Waals surface area contributed by atoms with Gasteiger partial charge in [0, 0.05) is 12.1 Å². The summed E-state index contributed by atoms with van der Waals surface area (Å²) in [7, 11) is 0. The van der Waals surface area contributed by atoms with E-state index in [1.807, 2.05) is 0 Å². The number of hydrogen-bond donors (Lipinski definition) is 1. The Hall–Kier alpha value is -0.0400. The number of nitrogens with one attached hydrogen (secondary N) is 1. The fourth-order valence-corrected chi connectivity index (χ4v) is 2.82. The highest BCUT2D eigenvalue weighted by molar-refractivity contribution is 4.79. The van der Waals surface area contributed by atoms with Gasteiger partial charge in [0.05, 0.1) is 0 Å². The summed E-state index contributed by atoms with van der Waals surface area (Å²) in [4.78, 5) is 0. The van der Waals surface area contributed by atoms with Crippen molar-refractivity contribution in [3.05, 3.63) is 0 Å². The lowest BCUT2D eigenvalue weighted by Crippen LogP contribution is -2.39. The summed E-state index contributed by atoms with van der Waals surface area (Å²) in [6.45, 7) is 9.30. The Morgan fingerprint density at radius 3 is 2.14 bits per heavy atom. The molecular weight excluding hydrogens is 170 g/mol. The van der Waals surface area contributed by atoms with Crippen molar-refractivity contribution < 1.29 is 0 Å². The van der Waals surface area contributed by atoms with Crippen LogP contribution in [-0.4, -0.2) is 12.1 Å². The molecule has 1 heteroatoms. The van der Waals surface area contributed by atoms with Crippen molar-refractivity contribution in [1.82, 2.24) is 5.32 Å². The molecule has 0 heterocycles. The Morgan fingerprint density at radius 1 is 1.07 bits per heavy atom. The van der Waals surface area contributed by atoms with Gasteiger partial charge in [-0.25, -0.2) is 0 Å². The third kappa shape index (κ3) is 4.00. The summed E-state index contributed by atoms with van der Waals surface area (Å²) in [6, 6.07) is 1.41. The lowest BCUT2D eigenvalue weighted by Gasteiger charge is -2.25. The van der Waals surface area contributed by atoms with Crippen LogP contribution in [0.1, 0.15) is 59.8 Å². The van der Waals surface area contributed by atoms with Gasteiger partial charge >= 0.3 is 0 Å². The first-order valence-corrected chi connectivity index (χ1v) is 6.35. The molecule has 0 spiro atoms. The van der Waals surface area contributed by atoms with Gasteiger partial charge in [0.2, 0.25) is 0 Å². The second kappa shape index (κ2) is 5.75. The van der Waals surface area contributed by atoms with Crippen LogP contribution in [0.15, 0.2) is 0 Å². The zero-order valence-corrected chi connectivity index (χ0v) is 10.3. The SMILES string of the molecule is CC(C)CC(C)N[C@@H](C)C1CCCC1. The van der Waals surface area contributed by atoms with Crippen LogP contribution in [0.5, 0.6) is 0 Å². The molecule has 0 saturated heterocycles. The maximum Gasteiger partial charge on any atom is 0.00694 e. The Kier molecular flexibility index (Phi) is 4.94. The van der Waals surface area contributed by atoms with Crippen molar-refractivity contribution in [2.75, 3.05) is 0 Å². The van der Waals surface area contributed by atoms with E-state index in [1.54, 1.807) is 0 Å². The second-order valence-electron chi connectivity index (χ2n) is 5.53. The van der Waals surface area contributed by atoms with Gasteiger partial charge in [-0.15, -0.1) is 0 Å². The van der Waals surface area contributed by atoms with Crippen molar-refractivity contribution in [3.8, 4) is 0 Å². The van der Waals surface area contributed by atoms with E-state index < -0.39 is 0 Å². The summed E-state index contributed by atoms with van der Waals surface area (Å²) in [6.07, 6.45) is 7.10. The Balaban J connectivity index is 2.21. The molecule has 0 radical (unpaired) electrons. The summed E-state index contributed by atoms with van der Waals surface area (Å²) >= 11 is 0. The van der Waals surface area contributed by atoms with Crippen molar-refractivity contribution in [2.45, 2.75) is 71.9 Å². The minimum absolute atomic E-state index is 0.686. The summed E-state index contributed by atoms with van der Waals surface area (Å²) in [5.74, 6) is 1.76. The minimum atomic E-state index is 0.686. The highest BCUT2D eigenvalue weighted by Gasteiger charge is 2.22. The molecular formula is C13H27N. The average Bonchev–Trinajstić information content (AvgIpc) is 2.53. The van der Waals surface area contributed by atoms with Crippen LogP contribution in [0.2, 0.25) is 0 Å². The van der Waals surface area contributed by atoms with Crippen LogP contribution in [0, 0.1) is 11.8 Å². The first-order chi connectivity index (χ1) is 6.59. The number of hydrogen-bond acceptors (Lipinski definition) is 1. The average molecular weight is 197 g/mol. The molecule has 1 nitrogen and oxygen atoms in total.